The Morgan fingerprint density at radius 3 is 2.67 bits per heavy atom. The van der Waals surface area contributed by atoms with Gasteiger partial charge in [0.2, 0.25) is 0 Å². The van der Waals surface area contributed by atoms with Gasteiger partial charge in [0.15, 0.2) is 6.54 Å². The summed E-state index contributed by atoms with van der Waals surface area (Å²) in [6, 6.07) is 11.9. The van der Waals surface area contributed by atoms with Crippen LogP contribution < -0.4 is 10.6 Å². The molecule has 0 fully saturated rings. The van der Waals surface area contributed by atoms with Crippen molar-refractivity contribution in [1.82, 2.24) is 0 Å². The van der Waals surface area contributed by atoms with Crippen molar-refractivity contribution in [1.29, 1.82) is 0 Å². The largest absolute Gasteiger partial charge is 0.332 e. The molecule has 3 N–H and O–H groups in total. The summed E-state index contributed by atoms with van der Waals surface area (Å²) in [4.78, 5) is 22.4. The average molecular weight is 349 g/mol. The first-order chi connectivity index (χ1) is 11.4. The van der Waals surface area contributed by atoms with Crippen molar-refractivity contribution in [2.24, 2.45) is 0 Å². The number of nitro groups is 1. The average Bonchev–Trinajstić information content (AvgIpc) is 2.54. The lowest BCUT2D eigenvalue weighted by Crippen LogP contribution is -2.86. The number of hydrogen-bond acceptors (Lipinski definition) is 3. The van der Waals surface area contributed by atoms with Gasteiger partial charge in [0.1, 0.15) is 6.04 Å². The molecule has 0 saturated carbocycles. The summed E-state index contributed by atoms with van der Waals surface area (Å²) in [7, 11) is 0. The summed E-state index contributed by atoms with van der Waals surface area (Å²) in [6.45, 7) is 3.92. The summed E-state index contributed by atoms with van der Waals surface area (Å²) in [5, 5.41) is 16.1. The van der Waals surface area contributed by atoms with E-state index in [1.54, 1.807) is 13.0 Å². The number of benzene rings is 2. The lowest BCUT2D eigenvalue weighted by Gasteiger charge is -2.13. The maximum atomic E-state index is 12.1. The van der Waals surface area contributed by atoms with Gasteiger partial charge in [-0.1, -0.05) is 29.8 Å². The second-order valence-corrected chi connectivity index (χ2v) is 5.96. The number of anilines is 1. The number of nitrogens with zero attached hydrogens (tertiary/aromatic N) is 1. The molecule has 2 aromatic rings. The Hall–Kier alpha value is -2.44. The van der Waals surface area contributed by atoms with Gasteiger partial charge in [-0.2, -0.15) is 0 Å². The molecule has 7 heteroatoms. The number of non-ortho nitro benzene ring substituents is 1. The van der Waals surface area contributed by atoms with E-state index in [2.05, 4.69) is 5.32 Å². The van der Waals surface area contributed by atoms with Gasteiger partial charge in [0, 0.05) is 28.4 Å². The Balaban J connectivity index is 1.94. The smallest absolute Gasteiger partial charge is 0.279 e. The third-order valence-corrected chi connectivity index (χ3v) is 4.09. The highest BCUT2D eigenvalue weighted by Crippen LogP contribution is 2.21. The number of hydrogen-bond donors (Lipinski definition) is 2. The molecule has 0 saturated heterocycles. The standard InChI is InChI=1S/C17H18ClN3O3/c1-11-9-13(21(23)24)7-8-16(11)20-17(22)10-19-12(2)14-5-3-4-6-15(14)18/h3-9,12,19H,10H2,1-2H3,(H,20,22)/p+1/t12-/m0/s1. The normalized spacial score (nSPS) is 11.8. The van der Waals surface area contributed by atoms with Crippen molar-refractivity contribution in [3.05, 3.63) is 68.7 Å². The van der Waals surface area contributed by atoms with Crippen LogP contribution in [0.3, 0.4) is 0 Å². The molecule has 0 radical (unpaired) electrons. The van der Waals surface area contributed by atoms with Crippen LogP contribution >= 0.6 is 11.6 Å². The second kappa shape index (κ2) is 7.90. The molecule has 24 heavy (non-hydrogen) atoms. The first-order valence-electron chi connectivity index (χ1n) is 7.51. The molecular formula is C17H19ClN3O3+. The molecule has 0 unspecified atom stereocenters. The zero-order valence-electron chi connectivity index (χ0n) is 13.5. The SMILES string of the molecule is Cc1cc([N+](=O)[O-])ccc1NC(=O)C[NH2+][C@@H](C)c1ccccc1Cl. The molecule has 0 aliphatic carbocycles. The van der Waals surface area contributed by atoms with Crippen molar-refractivity contribution >= 4 is 28.9 Å². The van der Waals surface area contributed by atoms with Crippen molar-refractivity contribution in [2.75, 3.05) is 11.9 Å². The number of nitro benzene ring substituents is 1. The van der Waals surface area contributed by atoms with E-state index in [1.165, 1.54) is 12.1 Å². The number of halogens is 1. The van der Waals surface area contributed by atoms with Crippen LogP contribution in [0.5, 0.6) is 0 Å². The molecule has 2 rings (SSSR count). The maximum Gasteiger partial charge on any atom is 0.279 e. The van der Waals surface area contributed by atoms with Crippen LogP contribution in [0, 0.1) is 17.0 Å². The summed E-state index contributed by atoms with van der Waals surface area (Å²) in [6.07, 6.45) is 0. The molecule has 126 valence electrons. The van der Waals surface area contributed by atoms with Crippen LogP contribution in [0.2, 0.25) is 5.02 Å². The van der Waals surface area contributed by atoms with Crippen LogP contribution in [0.15, 0.2) is 42.5 Å². The van der Waals surface area contributed by atoms with Gasteiger partial charge in [-0.3, -0.25) is 14.9 Å². The van der Waals surface area contributed by atoms with Crippen molar-refractivity contribution in [2.45, 2.75) is 19.9 Å². The second-order valence-electron chi connectivity index (χ2n) is 5.55. The summed E-state index contributed by atoms with van der Waals surface area (Å²) >= 11 is 6.15. The molecular weight excluding hydrogens is 330 g/mol. The number of carbonyl (C=O) groups excluding carboxylic acids is 1. The van der Waals surface area contributed by atoms with Crippen LogP contribution in [-0.4, -0.2) is 17.4 Å². The molecule has 0 bridgehead atoms. The van der Waals surface area contributed by atoms with E-state index in [4.69, 9.17) is 11.6 Å². The Morgan fingerprint density at radius 2 is 2.04 bits per heavy atom. The minimum atomic E-state index is -0.461. The Morgan fingerprint density at radius 1 is 1.33 bits per heavy atom. The number of quaternary nitrogens is 1. The highest BCUT2D eigenvalue weighted by Gasteiger charge is 2.15. The quantitative estimate of drug-likeness (QED) is 0.621. The summed E-state index contributed by atoms with van der Waals surface area (Å²) < 4.78 is 0. The number of nitrogens with two attached hydrogens (primary N) is 1. The maximum absolute atomic E-state index is 12.1. The molecule has 0 aromatic heterocycles. The predicted molar refractivity (Wildman–Crippen MR) is 93.1 cm³/mol. The van der Waals surface area contributed by atoms with Gasteiger partial charge in [0.05, 0.1) is 4.92 Å². The molecule has 0 heterocycles. The third-order valence-electron chi connectivity index (χ3n) is 3.75. The highest BCUT2D eigenvalue weighted by atomic mass is 35.5. The van der Waals surface area contributed by atoms with Crippen molar-refractivity contribution < 1.29 is 15.0 Å². The molecule has 1 atom stereocenters. The monoisotopic (exact) mass is 348 g/mol. The van der Waals surface area contributed by atoms with Gasteiger partial charge in [-0.15, -0.1) is 0 Å². The lowest BCUT2D eigenvalue weighted by molar-refractivity contribution is -0.682. The zero-order valence-corrected chi connectivity index (χ0v) is 14.2. The first kappa shape index (κ1) is 17.9. The van der Waals surface area contributed by atoms with Crippen LogP contribution in [-0.2, 0) is 4.79 Å². The number of carbonyl (C=O) groups is 1. The molecule has 2 aromatic carbocycles. The van der Waals surface area contributed by atoms with Crippen LogP contribution in [0.1, 0.15) is 24.1 Å². The first-order valence-corrected chi connectivity index (χ1v) is 7.89. The Kier molecular flexibility index (Phi) is 5.89. The third kappa shape index (κ3) is 4.53. The van der Waals surface area contributed by atoms with Gasteiger partial charge < -0.3 is 10.6 Å². The van der Waals surface area contributed by atoms with Crippen molar-refractivity contribution in [3.8, 4) is 0 Å². The van der Waals surface area contributed by atoms with Crippen LogP contribution in [0.25, 0.3) is 0 Å². The highest BCUT2D eigenvalue weighted by molar-refractivity contribution is 6.31. The Bertz CT molecular complexity index is 764. The van der Waals surface area contributed by atoms with Gasteiger partial charge in [0.25, 0.3) is 11.6 Å². The molecule has 0 aliphatic heterocycles. The summed E-state index contributed by atoms with van der Waals surface area (Å²) in [5.74, 6) is -0.175. The van der Waals surface area contributed by atoms with E-state index in [-0.39, 0.29) is 24.2 Å². The number of amides is 1. The van der Waals surface area contributed by atoms with Crippen molar-refractivity contribution in [3.63, 3.8) is 0 Å². The summed E-state index contributed by atoms with van der Waals surface area (Å²) in [5.41, 5.74) is 2.20. The van der Waals surface area contributed by atoms with Crippen LogP contribution in [0.4, 0.5) is 11.4 Å². The zero-order chi connectivity index (χ0) is 17.7. The minimum Gasteiger partial charge on any atom is -0.332 e. The molecule has 1 amide bonds. The van der Waals surface area contributed by atoms with Gasteiger partial charge >= 0.3 is 0 Å². The fourth-order valence-corrected chi connectivity index (χ4v) is 2.67. The molecule has 0 spiro atoms. The fraction of sp³-hybridized carbons (Fsp3) is 0.235. The van der Waals surface area contributed by atoms with Gasteiger partial charge in [-0.05, 0) is 31.5 Å². The number of aryl methyl sites for hydroxylation is 1. The fourth-order valence-electron chi connectivity index (χ4n) is 2.36. The topological polar surface area (TPSA) is 88.9 Å². The van der Waals surface area contributed by atoms with E-state index >= 15 is 0 Å². The van der Waals surface area contributed by atoms with E-state index in [0.717, 1.165) is 5.56 Å². The number of rotatable bonds is 6. The lowest BCUT2D eigenvalue weighted by atomic mass is 10.1. The molecule has 6 nitrogen and oxygen atoms in total. The molecule has 0 aliphatic rings. The minimum absolute atomic E-state index is 0.00408. The van der Waals surface area contributed by atoms with Gasteiger partial charge in [-0.25, -0.2) is 0 Å². The Labute approximate surface area is 145 Å². The van der Waals surface area contributed by atoms with E-state index in [1.807, 2.05) is 36.5 Å². The van der Waals surface area contributed by atoms with E-state index in [9.17, 15) is 14.9 Å². The van der Waals surface area contributed by atoms with E-state index < -0.39 is 4.92 Å². The van der Waals surface area contributed by atoms with E-state index in [0.29, 0.717) is 16.3 Å². The number of nitrogens with one attached hydrogen (secondary N) is 1. The predicted octanol–water partition coefficient (Wildman–Crippen LogP) is 2.82.